The molecule has 1 aromatic carbocycles. The largest absolute Gasteiger partial charge is 0.496 e. The van der Waals surface area contributed by atoms with Gasteiger partial charge in [-0.1, -0.05) is 0 Å². The molecular formula is C9H15N3O3S. The van der Waals surface area contributed by atoms with Crippen molar-refractivity contribution in [1.82, 2.24) is 9.44 Å². The smallest absolute Gasteiger partial charge is 0.276 e. The van der Waals surface area contributed by atoms with Crippen molar-refractivity contribution < 1.29 is 13.2 Å². The van der Waals surface area contributed by atoms with Crippen LogP contribution in [0.15, 0.2) is 18.2 Å². The summed E-state index contributed by atoms with van der Waals surface area (Å²) < 4.78 is 31.9. The van der Waals surface area contributed by atoms with Gasteiger partial charge in [-0.05, 0) is 18.2 Å². The number of nitrogens with one attached hydrogen (secondary N) is 2. The van der Waals surface area contributed by atoms with Gasteiger partial charge in [0.15, 0.2) is 0 Å². The fraction of sp³-hybridized carbons (Fsp3) is 0.333. The molecule has 6 nitrogen and oxygen atoms in total. The van der Waals surface area contributed by atoms with E-state index in [4.69, 9.17) is 10.5 Å². The second-order valence-electron chi connectivity index (χ2n) is 3.10. The Labute approximate surface area is 95.0 Å². The number of ether oxygens (including phenoxy) is 1. The highest BCUT2D eigenvalue weighted by molar-refractivity contribution is 7.87. The highest BCUT2D eigenvalue weighted by Gasteiger charge is 2.08. The second-order valence-corrected chi connectivity index (χ2v) is 4.80. The summed E-state index contributed by atoms with van der Waals surface area (Å²) in [5, 5.41) is 0. The molecule has 0 saturated heterocycles. The lowest BCUT2D eigenvalue weighted by Crippen LogP contribution is -2.33. The molecule has 0 saturated carbocycles. The van der Waals surface area contributed by atoms with E-state index in [1.54, 1.807) is 18.2 Å². The first-order chi connectivity index (χ1) is 7.48. The average molecular weight is 245 g/mol. The summed E-state index contributed by atoms with van der Waals surface area (Å²) in [5.41, 5.74) is 6.84. The maximum atomic E-state index is 11.2. The quantitative estimate of drug-likeness (QED) is 0.628. The Morgan fingerprint density at radius 2 is 2.12 bits per heavy atom. The normalized spacial score (nSPS) is 11.4. The Morgan fingerprint density at radius 3 is 2.69 bits per heavy atom. The molecule has 90 valence electrons. The third-order valence-corrected chi connectivity index (χ3v) is 3.09. The van der Waals surface area contributed by atoms with Crippen molar-refractivity contribution in [3.63, 3.8) is 0 Å². The van der Waals surface area contributed by atoms with E-state index in [-0.39, 0.29) is 6.54 Å². The SMILES string of the molecule is CNS(=O)(=O)NCc1cc(N)ccc1OC. The van der Waals surface area contributed by atoms with Gasteiger partial charge in [0.05, 0.1) is 7.11 Å². The van der Waals surface area contributed by atoms with Crippen molar-refractivity contribution in [3.05, 3.63) is 23.8 Å². The van der Waals surface area contributed by atoms with Gasteiger partial charge in [0.2, 0.25) is 0 Å². The molecule has 0 amide bonds. The predicted octanol–water partition coefficient (Wildman–Crippen LogP) is -0.169. The van der Waals surface area contributed by atoms with E-state index >= 15 is 0 Å². The van der Waals surface area contributed by atoms with Gasteiger partial charge in [0, 0.05) is 24.8 Å². The Hall–Kier alpha value is -1.31. The monoisotopic (exact) mass is 245 g/mol. The molecule has 0 unspecified atom stereocenters. The first kappa shape index (κ1) is 12.8. The third-order valence-electron chi connectivity index (χ3n) is 2.03. The molecule has 0 aromatic heterocycles. The second kappa shape index (κ2) is 5.15. The van der Waals surface area contributed by atoms with Crippen molar-refractivity contribution in [2.45, 2.75) is 6.54 Å². The summed E-state index contributed by atoms with van der Waals surface area (Å²) in [7, 11) is -0.604. The van der Waals surface area contributed by atoms with Crippen molar-refractivity contribution >= 4 is 15.9 Å². The number of nitrogen functional groups attached to an aromatic ring is 1. The van der Waals surface area contributed by atoms with Gasteiger partial charge in [-0.2, -0.15) is 13.1 Å². The highest BCUT2D eigenvalue weighted by Crippen LogP contribution is 2.20. The lowest BCUT2D eigenvalue weighted by molar-refractivity contribution is 0.409. The molecule has 1 rings (SSSR count). The van der Waals surface area contributed by atoms with E-state index in [1.807, 2.05) is 0 Å². The summed E-state index contributed by atoms with van der Waals surface area (Å²) in [6.07, 6.45) is 0. The molecule has 4 N–H and O–H groups in total. The van der Waals surface area contributed by atoms with Crippen molar-refractivity contribution in [2.75, 3.05) is 19.9 Å². The lowest BCUT2D eigenvalue weighted by atomic mass is 10.2. The molecule has 0 atom stereocenters. The fourth-order valence-electron chi connectivity index (χ4n) is 1.18. The molecule has 0 aliphatic carbocycles. The number of rotatable bonds is 5. The molecule has 0 fully saturated rings. The van der Waals surface area contributed by atoms with E-state index in [1.165, 1.54) is 14.2 Å². The van der Waals surface area contributed by atoms with Crippen LogP contribution in [-0.2, 0) is 16.8 Å². The summed E-state index contributed by atoms with van der Waals surface area (Å²) in [6, 6.07) is 5.05. The van der Waals surface area contributed by atoms with Crippen LogP contribution >= 0.6 is 0 Å². The molecule has 0 aliphatic rings. The van der Waals surface area contributed by atoms with E-state index in [0.717, 1.165) is 0 Å². The standard InChI is InChI=1S/C9H15N3O3S/c1-11-16(13,14)12-6-7-5-8(10)3-4-9(7)15-2/h3-5,11-12H,6,10H2,1-2H3. The molecular weight excluding hydrogens is 230 g/mol. The van der Waals surface area contributed by atoms with Gasteiger partial charge in [0.1, 0.15) is 5.75 Å². The number of hydrogen-bond donors (Lipinski definition) is 3. The van der Waals surface area contributed by atoms with Crippen LogP contribution in [0.4, 0.5) is 5.69 Å². The van der Waals surface area contributed by atoms with Gasteiger partial charge in [0.25, 0.3) is 10.2 Å². The first-order valence-electron chi connectivity index (χ1n) is 4.59. The molecule has 0 aliphatic heterocycles. The average Bonchev–Trinajstić information content (AvgIpc) is 2.27. The van der Waals surface area contributed by atoms with Crippen LogP contribution in [0.3, 0.4) is 0 Å². The zero-order chi connectivity index (χ0) is 12.2. The zero-order valence-corrected chi connectivity index (χ0v) is 9.97. The number of hydrogen-bond acceptors (Lipinski definition) is 4. The summed E-state index contributed by atoms with van der Waals surface area (Å²) in [5.74, 6) is 0.591. The molecule has 7 heteroatoms. The minimum atomic E-state index is -3.45. The molecule has 16 heavy (non-hydrogen) atoms. The van der Waals surface area contributed by atoms with Gasteiger partial charge < -0.3 is 10.5 Å². The molecule has 0 radical (unpaired) electrons. The van der Waals surface area contributed by atoms with Crippen LogP contribution in [0.25, 0.3) is 0 Å². The van der Waals surface area contributed by atoms with Crippen LogP contribution in [-0.4, -0.2) is 22.6 Å². The van der Waals surface area contributed by atoms with Gasteiger partial charge in [-0.25, -0.2) is 4.72 Å². The van der Waals surface area contributed by atoms with Crippen molar-refractivity contribution in [3.8, 4) is 5.75 Å². The summed E-state index contributed by atoms with van der Waals surface area (Å²) in [6.45, 7) is 0.122. The van der Waals surface area contributed by atoms with E-state index in [2.05, 4.69) is 9.44 Å². The topological polar surface area (TPSA) is 93.5 Å². The predicted molar refractivity (Wildman–Crippen MR) is 62.2 cm³/mol. The summed E-state index contributed by atoms with van der Waals surface area (Å²) >= 11 is 0. The minimum Gasteiger partial charge on any atom is -0.496 e. The first-order valence-corrected chi connectivity index (χ1v) is 6.07. The number of methoxy groups -OCH3 is 1. The van der Waals surface area contributed by atoms with Crippen molar-refractivity contribution in [1.29, 1.82) is 0 Å². The third kappa shape index (κ3) is 3.37. The Bertz CT molecular complexity index is 459. The van der Waals surface area contributed by atoms with Gasteiger partial charge >= 0.3 is 0 Å². The van der Waals surface area contributed by atoms with Crippen molar-refractivity contribution in [2.24, 2.45) is 0 Å². The minimum absolute atomic E-state index is 0.122. The molecule has 0 heterocycles. The van der Waals surface area contributed by atoms with E-state index in [0.29, 0.717) is 17.0 Å². The number of benzene rings is 1. The van der Waals surface area contributed by atoms with E-state index < -0.39 is 10.2 Å². The molecule has 1 aromatic rings. The highest BCUT2D eigenvalue weighted by atomic mass is 32.2. The van der Waals surface area contributed by atoms with Crippen LogP contribution in [0.1, 0.15) is 5.56 Å². The number of nitrogens with two attached hydrogens (primary N) is 1. The molecule has 0 spiro atoms. The Balaban J connectivity index is 2.84. The number of anilines is 1. The maximum Gasteiger partial charge on any atom is 0.276 e. The maximum absolute atomic E-state index is 11.2. The van der Waals surface area contributed by atoms with Crippen LogP contribution in [0.5, 0.6) is 5.75 Å². The zero-order valence-electron chi connectivity index (χ0n) is 9.15. The van der Waals surface area contributed by atoms with Crippen LogP contribution in [0, 0.1) is 0 Å². The fourth-order valence-corrected chi connectivity index (χ4v) is 1.67. The van der Waals surface area contributed by atoms with Crippen LogP contribution in [0.2, 0.25) is 0 Å². The molecule has 0 bridgehead atoms. The van der Waals surface area contributed by atoms with E-state index in [9.17, 15) is 8.42 Å². The van der Waals surface area contributed by atoms with Gasteiger partial charge in [-0.3, -0.25) is 0 Å². The lowest BCUT2D eigenvalue weighted by Gasteiger charge is -2.10. The Kier molecular flexibility index (Phi) is 4.11. The van der Waals surface area contributed by atoms with Crippen LogP contribution < -0.4 is 19.9 Å². The summed E-state index contributed by atoms with van der Waals surface area (Å²) in [4.78, 5) is 0. The Morgan fingerprint density at radius 1 is 1.44 bits per heavy atom. The van der Waals surface area contributed by atoms with Gasteiger partial charge in [-0.15, -0.1) is 0 Å².